The van der Waals surface area contributed by atoms with Crippen molar-refractivity contribution in [3.8, 4) is 5.75 Å². The van der Waals surface area contributed by atoms with Gasteiger partial charge in [-0.3, -0.25) is 4.99 Å². The smallest absolute Gasteiger partial charge is 0.191 e. The Kier molecular flexibility index (Phi) is 11.3. The van der Waals surface area contributed by atoms with Crippen LogP contribution in [0.5, 0.6) is 5.75 Å². The van der Waals surface area contributed by atoms with Crippen molar-refractivity contribution < 1.29 is 4.74 Å². The lowest BCUT2D eigenvalue weighted by molar-refractivity contribution is 0.223. The van der Waals surface area contributed by atoms with Crippen LogP contribution >= 0.6 is 35.6 Å². The molecule has 1 heterocycles. The molecule has 148 valence electrons. The fourth-order valence-electron chi connectivity index (χ4n) is 2.98. The number of aliphatic imine (C=N–C) groups is 1. The largest absolute Gasteiger partial charge is 0.497 e. The lowest BCUT2D eigenvalue weighted by Crippen LogP contribution is -2.39. The molecule has 5 nitrogen and oxygen atoms in total. The van der Waals surface area contributed by atoms with Crippen molar-refractivity contribution in [1.29, 1.82) is 0 Å². The van der Waals surface area contributed by atoms with Gasteiger partial charge in [0.2, 0.25) is 0 Å². The Bertz CT molecular complexity index is 562. The molecule has 1 aliphatic rings. The lowest BCUT2D eigenvalue weighted by atomic mass is 9.97. The highest BCUT2D eigenvalue weighted by molar-refractivity contribution is 14.0. The summed E-state index contributed by atoms with van der Waals surface area (Å²) in [7, 11) is 3.84. The monoisotopic (exact) mass is 494 g/mol. The molecule has 1 aromatic rings. The van der Waals surface area contributed by atoms with E-state index in [9.17, 15) is 0 Å². The second-order valence-corrected chi connectivity index (χ2v) is 7.01. The minimum atomic E-state index is 0. The summed E-state index contributed by atoms with van der Waals surface area (Å²) in [5, 5.41) is 7.48. The number of rotatable bonds is 7. The minimum Gasteiger partial charge on any atom is -0.497 e. The van der Waals surface area contributed by atoms with E-state index in [1.807, 2.05) is 18.2 Å². The maximum absolute atomic E-state index is 6.30. The Hall–Kier alpha value is -0.730. The van der Waals surface area contributed by atoms with E-state index in [1.165, 1.54) is 25.9 Å². The number of nitrogens with zero attached hydrogens (tertiary/aromatic N) is 2. The van der Waals surface area contributed by atoms with Gasteiger partial charge in [0.25, 0.3) is 0 Å². The number of likely N-dealkylation sites (tertiary alicyclic amines) is 1. The predicted octanol–water partition coefficient (Wildman–Crippen LogP) is 3.41. The summed E-state index contributed by atoms with van der Waals surface area (Å²) in [6.07, 6.45) is 3.32. The van der Waals surface area contributed by atoms with Gasteiger partial charge in [-0.05, 0) is 69.9 Å². The number of piperidine rings is 1. The molecule has 1 aromatic carbocycles. The molecule has 26 heavy (non-hydrogen) atoms. The third-order valence-corrected chi connectivity index (χ3v) is 4.99. The molecule has 0 spiro atoms. The topological polar surface area (TPSA) is 48.9 Å². The third-order valence-electron chi connectivity index (χ3n) is 4.64. The first-order valence-corrected chi connectivity index (χ1v) is 9.53. The molecule has 0 bridgehead atoms. The van der Waals surface area contributed by atoms with E-state index in [0.29, 0.717) is 5.92 Å². The van der Waals surface area contributed by atoms with Gasteiger partial charge in [0.05, 0.1) is 7.11 Å². The quantitative estimate of drug-likeness (QED) is 0.347. The average Bonchev–Trinajstić information content (AvgIpc) is 2.62. The van der Waals surface area contributed by atoms with Gasteiger partial charge in [0.1, 0.15) is 5.75 Å². The Morgan fingerprint density at radius 2 is 2.04 bits per heavy atom. The lowest BCUT2D eigenvalue weighted by Gasteiger charge is -2.28. The number of methoxy groups -OCH3 is 1. The highest BCUT2D eigenvalue weighted by atomic mass is 127. The third kappa shape index (κ3) is 7.88. The molecule has 1 fully saturated rings. The zero-order chi connectivity index (χ0) is 18.1. The SMILES string of the molecule is CCNC(=NCC1CCN(C)CC1)NCCc1ccc(OC)cc1Cl.I. The number of ether oxygens (including phenoxy) is 1. The van der Waals surface area contributed by atoms with E-state index < -0.39 is 0 Å². The maximum Gasteiger partial charge on any atom is 0.191 e. The Morgan fingerprint density at radius 1 is 1.31 bits per heavy atom. The summed E-state index contributed by atoms with van der Waals surface area (Å²) in [5.41, 5.74) is 1.11. The van der Waals surface area contributed by atoms with Gasteiger partial charge in [-0.1, -0.05) is 17.7 Å². The van der Waals surface area contributed by atoms with Crippen molar-refractivity contribution in [1.82, 2.24) is 15.5 Å². The van der Waals surface area contributed by atoms with E-state index in [1.54, 1.807) is 7.11 Å². The maximum atomic E-state index is 6.30. The van der Waals surface area contributed by atoms with Gasteiger partial charge in [-0.2, -0.15) is 0 Å². The van der Waals surface area contributed by atoms with Crippen LogP contribution < -0.4 is 15.4 Å². The fourth-order valence-corrected chi connectivity index (χ4v) is 3.25. The van der Waals surface area contributed by atoms with E-state index >= 15 is 0 Å². The van der Waals surface area contributed by atoms with Crippen LogP contribution in [0.4, 0.5) is 0 Å². The number of guanidine groups is 1. The van der Waals surface area contributed by atoms with Crippen LogP contribution in [0.15, 0.2) is 23.2 Å². The molecule has 1 aliphatic heterocycles. The molecule has 2 rings (SSSR count). The number of halogens is 2. The number of nitrogens with one attached hydrogen (secondary N) is 2. The van der Waals surface area contributed by atoms with E-state index in [2.05, 4.69) is 29.5 Å². The molecule has 0 aliphatic carbocycles. The van der Waals surface area contributed by atoms with Crippen LogP contribution in [0.25, 0.3) is 0 Å². The van der Waals surface area contributed by atoms with Gasteiger partial charge >= 0.3 is 0 Å². The molecule has 1 saturated heterocycles. The second-order valence-electron chi connectivity index (χ2n) is 6.60. The first-order valence-electron chi connectivity index (χ1n) is 9.15. The summed E-state index contributed by atoms with van der Waals surface area (Å²) in [6, 6.07) is 5.82. The van der Waals surface area contributed by atoms with Crippen LogP contribution in [0.1, 0.15) is 25.3 Å². The van der Waals surface area contributed by atoms with E-state index in [-0.39, 0.29) is 24.0 Å². The second kappa shape index (κ2) is 12.6. The van der Waals surface area contributed by atoms with E-state index in [4.69, 9.17) is 21.3 Å². The van der Waals surface area contributed by atoms with Crippen molar-refractivity contribution >= 4 is 41.5 Å². The Labute approximate surface area is 179 Å². The standard InChI is InChI=1S/C19H31ClN4O.HI/c1-4-21-19(23-14-15-8-11-24(2)12-9-15)22-10-7-16-5-6-17(25-3)13-18(16)20;/h5-6,13,15H,4,7-12,14H2,1-3H3,(H2,21,22,23);1H. The molecular weight excluding hydrogens is 463 g/mol. The summed E-state index contributed by atoms with van der Waals surface area (Å²) in [6.45, 7) is 7.01. The van der Waals surface area contributed by atoms with Crippen LogP contribution in [0.3, 0.4) is 0 Å². The Balaban J connectivity index is 0.00000338. The molecule has 0 aromatic heterocycles. The summed E-state index contributed by atoms with van der Waals surface area (Å²) in [4.78, 5) is 7.16. The summed E-state index contributed by atoms with van der Waals surface area (Å²) in [5.74, 6) is 2.38. The van der Waals surface area contributed by atoms with Gasteiger partial charge in [0, 0.05) is 24.7 Å². The zero-order valence-electron chi connectivity index (χ0n) is 16.1. The fraction of sp³-hybridized carbons (Fsp3) is 0.632. The first kappa shape index (κ1) is 23.3. The molecule has 0 atom stereocenters. The van der Waals surface area contributed by atoms with Crippen molar-refractivity contribution in [2.45, 2.75) is 26.2 Å². The molecule has 0 saturated carbocycles. The minimum absolute atomic E-state index is 0. The van der Waals surface area contributed by atoms with E-state index in [0.717, 1.165) is 48.4 Å². The number of hydrogen-bond acceptors (Lipinski definition) is 3. The van der Waals surface area contributed by atoms with Crippen molar-refractivity contribution in [3.05, 3.63) is 28.8 Å². The summed E-state index contributed by atoms with van der Waals surface area (Å²) < 4.78 is 5.19. The Morgan fingerprint density at radius 3 is 2.65 bits per heavy atom. The van der Waals surface area contributed by atoms with Crippen LogP contribution in [0, 0.1) is 5.92 Å². The van der Waals surface area contributed by atoms with Crippen LogP contribution in [-0.2, 0) is 6.42 Å². The zero-order valence-corrected chi connectivity index (χ0v) is 19.1. The molecule has 0 unspecified atom stereocenters. The van der Waals surface area contributed by atoms with Crippen molar-refractivity contribution in [2.24, 2.45) is 10.9 Å². The van der Waals surface area contributed by atoms with Gasteiger partial charge in [-0.25, -0.2) is 0 Å². The normalized spacial score (nSPS) is 16.1. The molecule has 7 heteroatoms. The first-order chi connectivity index (χ1) is 12.1. The average molecular weight is 495 g/mol. The van der Waals surface area contributed by atoms with Crippen LogP contribution in [-0.4, -0.2) is 57.7 Å². The van der Waals surface area contributed by atoms with Gasteiger partial charge < -0.3 is 20.3 Å². The van der Waals surface area contributed by atoms with Crippen molar-refractivity contribution in [3.63, 3.8) is 0 Å². The molecule has 0 radical (unpaired) electrons. The molecule has 2 N–H and O–H groups in total. The van der Waals surface area contributed by atoms with Crippen molar-refractivity contribution in [2.75, 3.05) is 46.9 Å². The molecular formula is C19H32ClIN4O. The van der Waals surface area contributed by atoms with Gasteiger partial charge in [0.15, 0.2) is 5.96 Å². The highest BCUT2D eigenvalue weighted by Crippen LogP contribution is 2.22. The van der Waals surface area contributed by atoms with Gasteiger partial charge in [-0.15, -0.1) is 24.0 Å². The highest BCUT2D eigenvalue weighted by Gasteiger charge is 2.16. The summed E-state index contributed by atoms with van der Waals surface area (Å²) >= 11 is 6.30. The molecule has 0 amide bonds. The van der Waals surface area contributed by atoms with Crippen LogP contribution in [0.2, 0.25) is 5.02 Å². The number of benzene rings is 1. The predicted molar refractivity (Wildman–Crippen MR) is 121 cm³/mol. The number of hydrogen-bond donors (Lipinski definition) is 2.